The van der Waals surface area contributed by atoms with E-state index in [9.17, 15) is 22.4 Å². The Morgan fingerprint density at radius 2 is 1.71 bits per heavy atom. The third-order valence-corrected chi connectivity index (χ3v) is 8.33. The molecule has 1 aromatic heterocycles. The van der Waals surface area contributed by atoms with Crippen LogP contribution in [0.4, 0.5) is 10.1 Å². The monoisotopic (exact) mass is 578 g/mol. The first kappa shape index (κ1) is 28.1. The molecule has 1 unspecified atom stereocenters. The highest BCUT2D eigenvalue weighted by atomic mass is 32.2. The molecule has 3 aromatic carbocycles. The quantitative estimate of drug-likeness (QED) is 0.315. The maximum absolute atomic E-state index is 13.6. The van der Waals surface area contributed by atoms with Crippen molar-refractivity contribution in [3.8, 4) is 16.9 Å². The normalized spacial score (nSPS) is 14.8. The first-order valence-electron chi connectivity index (χ1n) is 12.8. The van der Waals surface area contributed by atoms with Gasteiger partial charge in [-0.25, -0.2) is 22.3 Å². The van der Waals surface area contributed by atoms with E-state index in [0.29, 0.717) is 24.5 Å². The summed E-state index contributed by atoms with van der Waals surface area (Å²) in [5.41, 5.74) is 1.75. The lowest BCUT2D eigenvalue weighted by molar-refractivity contribution is -0.123. The number of hydrogen-bond acceptors (Lipinski definition) is 7. The fraction of sp³-hybridized carbons (Fsp3) is 0.207. The Kier molecular flexibility index (Phi) is 8.24. The fourth-order valence-electron chi connectivity index (χ4n) is 4.25. The number of para-hydroxylation sites is 1. The van der Waals surface area contributed by atoms with Crippen LogP contribution >= 0.6 is 0 Å². The number of benzene rings is 3. The number of anilines is 1. The molecule has 5 rings (SSSR count). The lowest BCUT2D eigenvalue weighted by atomic mass is 10.1. The molecule has 2 heterocycles. The number of morpholine rings is 1. The largest absolute Gasteiger partial charge is 0.449 e. The van der Waals surface area contributed by atoms with Crippen molar-refractivity contribution in [2.75, 3.05) is 31.6 Å². The van der Waals surface area contributed by atoms with Crippen LogP contribution in [0.2, 0.25) is 0 Å². The molecule has 0 aliphatic carbocycles. The van der Waals surface area contributed by atoms with Gasteiger partial charge in [-0.15, -0.1) is 0 Å². The van der Waals surface area contributed by atoms with E-state index in [1.807, 2.05) is 18.2 Å². The molecule has 1 aliphatic rings. The minimum Gasteiger partial charge on any atom is -0.449 e. The Balaban J connectivity index is 1.33. The Morgan fingerprint density at radius 1 is 1.00 bits per heavy atom. The van der Waals surface area contributed by atoms with Crippen LogP contribution in [0, 0.1) is 5.82 Å². The number of rotatable bonds is 8. The van der Waals surface area contributed by atoms with E-state index in [1.165, 1.54) is 64.6 Å². The molecule has 0 spiro atoms. The first-order chi connectivity index (χ1) is 19.7. The molecule has 4 aromatic rings. The standard InChI is InChI=1S/C29H27FN4O6S/c1-20(28(35)31-23-6-5-9-25(18-23)41(37,38)33-14-16-39-17-15-33)40-29(36)26-19-34(24-7-3-2-4-8-24)32-27(26)21-10-12-22(30)13-11-21/h2-13,18-20H,14-17H2,1H3,(H,31,35). The lowest BCUT2D eigenvalue weighted by Gasteiger charge is -2.26. The Morgan fingerprint density at radius 3 is 2.41 bits per heavy atom. The number of carbonyl (C=O) groups is 2. The van der Waals surface area contributed by atoms with E-state index in [1.54, 1.807) is 18.2 Å². The number of nitrogens with zero attached hydrogens (tertiary/aromatic N) is 3. The van der Waals surface area contributed by atoms with Crippen molar-refractivity contribution in [3.05, 3.63) is 96.4 Å². The van der Waals surface area contributed by atoms with Gasteiger partial charge in [-0.1, -0.05) is 24.3 Å². The van der Waals surface area contributed by atoms with E-state index in [0.717, 1.165) is 0 Å². The molecule has 1 fully saturated rings. The topological polar surface area (TPSA) is 120 Å². The zero-order valence-corrected chi connectivity index (χ0v) is 22.9. The zero-order valence-electron chi connectivity index (χ0n) is 22.1. The highest BCUT2D eigenvalue weighted by Crippen LogP contribution is 2.26. The third kappa shape index (κ3) is 6.35. The van der Waals surface area contributed by atoms with Crippen LogP contribution in [0.15, 0.2) is 90.0 Å². The van der Waals surface area contributed by atoms with Gasteiger partial charge < -0.3 is 14.8 Å². The third-order valence-electron chi connectivity index (χ3n) is 6.43. The summed E-state index contributed by atoms with van der Waals surface area (Å²) in [7, 11) is -3.77. The number of esters is 1. The number of hydrogen-bond donors (Lipinski definition) is 1. The molecule has 10 nitrogen and oxygen atoms in total. The lowest BCUT2D eigenvalue weighted by Crippen LogP contribution is -2.40. The van der Waals surface area contributed by atoms with E-state index >= 15 is 0 Å². The van der Waals surface area contributed by atoms with Gasteiger partial charge in [0.2, 0.25) is 10.0 Å². The van der Waals surface area contributed by atoms with E-state index in [2.05, 4.69) is 10.4 Å². The highest BCUT2D eigenvalue weighted by molar-refractivity contribution is 7.89. The number of carbonyl (C=O) groups excluding carboxylic acids is 2. The second-order valence-electron chi connectivity index (χ2n) is 9.26. The highest BCUT2D eigenvalue weighted by Gasteiger charge is 2.28. The second kappa shape index (κ2) is 12.0. The Labute approximate surface area is 236 Å². The van der Waals surface area contributed by atoms with Crippen LogP contribution in [-0.4, -0.2) is 66.8 Å². The van der Waals surface area contributed by atoms with Gasteiger partial charge in [-0.2, -0.15) is 9.40 Å². The van der Waals surface area contributed by atoms with Crippen LogP contribution < -0.4 is 5.32 Å². The number of sulfonamides is 1. The van der Waals surface area contributed by atoms with Crippen LogP contribution in [-0.2, 0) is 24.3 Å². The number of amides is 1. The van der Waals surface area contributed by atoms with Gasteiger partial charge in [-0.05, 0) is 61.5 Å². The number of nitrogens with one attached hydrogen (secondary N) is 1. The molecular weight excluding hydrogens is 551 g/mol. The maximum atomic E-state index is 13.6. The molecule has 0 radical (unpaired) electrons. The minimum atomic E-state index is -3.77. The molecule has 41 heavy (non-hydrogen) atoms. The van der Waals surface area contributed by atoms with Gasteiger partial charge in [-0.3, -0.25) is 4.79 Å². The summed E-state index contributed by atoms with van der Waals surface area (Å²) in [6.07, 6.45) is 0.254. The first-order valence-corrected chi connectivity index (χ1v) is 14.3. The molecule has 1 atom stereocenters. The summed E-state index contributed by atoms with van der Waals surface area (Å²) < 4.78 is 53.1. The summed E-state index contributed by atoms with van der Waals surface area (Å²) in [4.78, 5) is 26.2. The SMILES string of the molecule is CC(OC(=O)c1cn(-c2ccccc2)nc1-c1ccc(F)cc1)C(=O)Nc1cccc(S(=O)(=O)N2CCOCC2)c1. The maximum Gasteiger partial charge on any atom is 0.342 e. The van der Waals surface area contributed by atoms with Crippen molar-refractivity contribution in [1.29, 1.82) is 0 Å². The van der Waals surface area contributed by atoms with E-state index < -0.39 is 33.8 Å². The average molecular weight is 579 g/mol. The summed E-state index contributed by atoms with van der Waals surface area (Å²) in [6, 6.07) is 20.5. The van der Waals surface area contributed by atoms with Crippen molar-refractivity contribution in [1.82, 2.24) is 14.1 Å². The molecule has 1 saturated heterocycles. The van der Waals surface area contributed by atoms with Gasteiger partial charge in [0.15, 0.2) is 6.10 Å². The van der Waals surface area contributed by atoms with Gasteiger partial charge in [0.1, 0.15) is 17.1 Å². The van der Waals surface area contributed by atoms with Crippen molar-refractivity contribution < 1.29 is 31.9 Å². The predicted molar refractivity (Wildman–Crippen MR) is 148 cm³/mol. The molecule has 12 heteroatoms. The van der Waals surface area contributed by atoms with Crippen LogP contribution in [0.25, 0.3) is 16.9 Å². The Bertz CT molecular complexity index is 1650. The number of halogens is 1. The van der Waals surface area contributed by atoms with E-state index in [-0.39, 0.29) is 34.9 Å². The summed E-state index contributed by atoms with van der Waals surface area (Å²) in [5.74, 6) is -1.90. The van der Waals surface area contributed by atoms with Crippen molar-refractivity contribution in [2.45, 2.75) is 17.9 Å². The van der Waals surface area contributed by atoms with Gasteiger partial charge >= 0.3 is 5.97 Å². The summed E-state index contributed by atoms with van der Waals surface area (Å²) in [6.45, 7) is 2.51. The van der Waals surface area contributed by atoms with Crippen molar-refractivity contribution in [2.24, 2.45) is 0 Å². The molecule has 1 N–H and O–H groups in total. The molecule has 0 saturated carbocycles. The minimum absolute atomic E-state index is 0.0270. The van der Waals surface area contributed by atoms with Crippen molar-refractivity contribution in [3.63, 3.8) is 0 Å². The molecule has 1 aliphatic heterocycles. The molecule has 0 bridgehead atoms. The number of ether oxygens (including phenoxy) is 2. The zero-order chi connectivity index (χ0) is 29.0. The smallest absolute Gasteiger partial charge is 0.342 e. The van der Waals surface area contributed by atoms with Gasteiger partial charge in [0, 0.05) is 30.5 Å². The predicted octanol–water partition coefficient (Wildman–Crippen LogP) is 3.88. The van der Waals surface area contributed by atoms with Gasteiger partial charge in [0.25, 0.3) is 5.91 Å². The van der Waals surface area contributed by atoms with Crippen LogP contribution in [0.3, 0.4) is 0 Å². The Hall–Kier alpha value is -4.39. The second-order valence-corrected chi connectivity index (χ2v) is 11.2. The average Bonchev–Trinajstić information content (AvgIpc) is 3.44. The summed E-state index contributed by atoms with van der Waals surface area (Å²) in [5, 5.41) is 7.13. The van der Waals surface area contributed by atoms with E-state index in [4.69, 9.17) is 9.47 Å². The fourth-order valence-corrected chi connectivity index (χ4v) is 5.70. The van der Waals surface area contributed by atoms with Gasteiger partial charge in [0.05, 0.1) is 23.8 Å². The molecule has 212 valence electrons. The van der Waals surface area contributed by atoms with Crippen LogP contribution in [0.1, 0.15) is 17.3 Å². The summed E-state index contributed by atoms with van der Waals surface area (Å²) >= 11 is 0. The van der Waals surface area contributed by atoms with Crippen LogP contribution in [0.5, 0.6) is 0 Å². The molecular formula is C29H27FN4O6S. The van der Waals surface area contributed by atoms with Crippen molar-refractivity contribution >= 4 is 27.6 Å². The number of aromatic nitrogens is 2. The molecule has 1 amide bonds.